The summed E-state index contributed by atoms with van der Waals surface area (Å²) in [4.78, 5) is 24.3. The molecule has 16 heavy (non-hydrogen) atoms. The van der Waals surface area contributed by atoms with E-state index in [4.69, 9.17) is 4.74 Å². The van der Waals surface area contributed by atoms with E-state index in [2.05, 4.69) is 5.32 Å². The van der Waals surface area contributed by atoms with Crippen LogP contribution in [0, 0.1) is 0 Å². The molecular weight excluding hydrogens is 208 g/mol. The lowest BCUT2D eigenvalue weighted by atomic mass is 10.1. The minimum Gasteiger partial charge on any atom is -0.482 e. The molecule has 1 heterocycles. The van der Waals surface area contributed by atoms with Crippen molar-refractivity contribution >= 4 is 17.5 Å². The molecule has 0 atom stereocenters. The number of nitrogens with one attached hydrogen (secondary N) is 1. The highest BCUT2D eigenvalue weighted by Crippen LogP contribution is 2.31. The van der Waals surface area contributed by atoms with Crippen molar-refractivity contribution in [2.75, 3.05) is 25.6 Å². The summed E-state index contributed by atoms with van der Waals surface area (Å²) in [7, 11) is 3.23. The molecule has 1 N–H and O–H groups in total. The number of carbonyl (C=O) groups is 2. The number of carbonyl (C=O) groups excluding carboxylic acids is 2. The zero-order valence-corrected chi connectivity index (χ0v) is 9.11. The number of likely N-dealkylation sites (N-methyl/N-ethyl adjacent to an activating group) is 1. The van der Waals surface area contributed by atoms with Crippen LogP contribution in [-0.2, 0) is 4.79 Å². The standard InChI is InChI=1S/C11H12N2O3/c1-12-11(15)7-3-4-9-8(5-7)13(2)10(14)6-16-9/h3-5H,6H2,1-2H3,(H,12,15). The smallest absolute Gasteiger partial charge is 0.264 e. The quantitative estimate of drug-likeness (QED) is 0.745. The van der Waals surface area contributed by atoms with Gasteiger partial charge in [0.15, 0.2) is 6.61 Å². The molecule has 1 aromatic rings. The van der Waals surface area contributed by atoms with Gasteiger partial charge < -0.3 is 15.0 Å². The lowest BCUT2D eigenvalue weighted by Crippen LogP contribution is -2.35. The van der Waals surface area contributed by atoms with Gasteiger partial charge in [-0.1, -0.05) is 0 Å². The summed E-state index contributed by atoms with van der Waals surface area (Å²) in [6.45, 7) is 0.0445. The highest BCUT2D eigenvalue weighted by atomic mass is 16.5. The average molecular weight is 220 g/mol. The second-order valence-electron chi connectivity index (χ2n) is 3.50. The fraction of sp³-hybridized carbons (Fsp3) is 0.273. The largest absolute Gasteiger partial charge is 0.482 e. The highest BCUT2D eigenvalue weighted by molar-refractivity contribution is 6.00. The van der Waals surface area contributed by atoms with E-state index in [1.54, 1.807) is 32.3 Å². The Morgan fingerprint density at radius 2 is 2.25 bits per heavy atom. The first-order chi connectivity index (χ1) is 7.63. The molecule has 5 heteroatoms. The van der Waals surface area contributed by atoms with Gasteiger partial charge in [0.25, 0.3) is 11.8 Å². The van der Waals surface area contributed by atoms with Crippen molar-refractivity contribution < 1.29 is 14.3 Å². The number of benzene rings is 1. The summed E-state index contributed by atoms with van der Waals surface area (Å²) in [6, 6.07) is 5.01. The molecular formula is C11H12N2O3. The van der Waals surface area contributed by atoms with Crippen LogP contribution in [0.1, 0.15) is 10.4 Å². The zero-order chi connectivity index (χ0) is 11.7. The monoisotopic (exact) mass is 220 g/mol. The molecule has 0 unspecified atom stereocenters. The van der Waals surface area contributed by atoms with E-state index in [0.29, 0.717) is 17.0 Å². The van der Waals surface area contributed by atoms with Gasteiger partial charge in [0.2, 0.25) is 0 Å². The summed E-state index contributed by atoms with van der Waals surface area (Å²) in [5.41, 5.74) is 1.13. The Hall–Kier alpha value is -2.04. The van der Waals surface area contributed by atoms with Gasteiger partial charge in [-0.05, 0) is 18.2 Å². The minimum absolute atomic E-state index is 0.0445. The van der Waals surface area contributed by atoms with Crippen molar-refractivity contribution in [3.8, 4) is 5.75 Å². The maximum atomic E-state index is 11.4. The van der Waals surface area contributed by atoms with Gasteiger partial charge >= 0.3 is 0 Å². The molecule has 5 nitrogen and oxygen atoms in total. The summed E-state index contributed by atoms with van der Waals surface area (Å²) < 4.78 is 5.25. The van der Waals surface area contributed by atoms with Gasteiger partial charge in [-0.25, -0.2) is 0 Å². The molecule has 0 saturated heterocycles. The van der Waals surface area contributed by atoms with Crippen LogP contribution in [0.3, 0.4) is 0 Å². The number of ether oxygens (including phenoxy) is 1. The van der Waals surface area contributed by atoms with E-state index >= 15 is 0 Å². The third-order valence-electron chi connectivity index (χ3n) is 2.53. The molecule has 2 rings (SSSR count). The zero-order valence-electron chi connectivity index (χ0n) is 9.11. The second kappa shape index (κ2) is 3.84. The van der Waals surface area contributed by atoms with E-state index in [-0.39, 0.29) is 18.4 Å². The Morgan fingerprint density at radius 3 is 2.94 bits per heavy atom. The van der Waals surface area contributed by atoms with E-state index < -0.39 is 0 Å². The van der Waals surface area contributed by atoms with Crippen LogP contribution in [-0.4, -0.2) is 32.5 Å². The lowest BCUT2D eigenvalue weighted by molar-refractivity contribution is -0.120. The summed E-state index contributed by atoms with van der Waals surface area (Å²) in [6.07, 6.45) is 0. The van der Waals surface area contributed by atoms with Crippen molar-refractivity contribution in [3.63, 3.8) is 0 Å². The fourth-order valence-electron chi connectivity index (χ4n) is 1.56. The maximum absolute atomic E-state index is 11.4. The van der Waals surface area contributed by atoms with Gasteiger partial charge in [0.05, 0.1) is 5.69 Å². The van der Waals surface area contributed by atoms with Gasteiger partial charge in [0, 0.05) is 19.7 Å². The third kappa shape index (κ3) is 1.60. The molecule has 84 valence electrons. The van der Waals surface area contributed by atoms with Gasteiger partial charge in [-0.3, -0.25) is 9.59 Å². The van der Waals surface area contributed by atoms with E-state index in [9.17, 15) is 9.59 Å². The number of hydrogen-bond acceptors (Lipinski definition) is 3. The average Bonchev–Trinajstić information content (AvgIpc) is 2.32. The van der Waals surface area contributed by atoms with E-state index in [1.807, 2.05) is 0 Å². The van der Waals surface area contributed by atoms with Crippen molar-refractivity contribution in [1.29, 1.82) is 0 Å². The van der Waals surface area contributed by atoms with E-state index in [1.165, 1.54) is 4.90 Å². The molecule has 0 saturated carbocycles. The molecule has 2 amide bonds. The number of nitrogens with zero attached hydrogens (tertiary/aromatic N) is 1. The van der Waals surface area contributed by atoms with Crippen LogP contribution in [0.15, 0.2) is 18.2 Å². The van der Waals surface area contributed by atoms with Crippen LogP contribution in [0.4, 0.5) is 5.69 Å². The van der Waals surface area contributed by atoms with Crippen molar-refractivity contribution in [1.82, 2.24) is 5.32 Å². The predicted octanol–water partition coefficient (Wildman–Crippen LogP) is 0.401. The van der Waals surface area contributed by atoms with Gasteiger partial charge in [-0.15, -0.1) is 0 Å². The van der Waals surface area contributed by atoms with Gasteiger partial charge in [-0.2, -0.15) is 0 Å². The summed E-state index contributed by atoms with van der Waals surface area (Å²) >= 11 is 0. The van der Waals surface area contributed by atoms with E-state index in [0.717, 1.165) is 0 Å². The molecule has 0 radical (unpaired) electrons. The maximum Gasteiger partial charge on any atom is 0.264 e. The van der Waals surface area contributed by atoms with Crippen LogP contribution in [0.5, 0.6) is 5.75 Å². The predicted molar refractivity (Wildman–Crippen MR) is 58.7 cm³/mol. The topological polar surface area (TPSA) is 58.6 Å². The fourth-order valence-corrected chi connectivity index (χ4v) is 1.56. The van der Waals surface area contributed by atoms with Crippen LogP contribution in [0.2, 0.25) is 0 Å². The Balaban J connectivity index is 2.44. The van der Waals surface area contributed by atoms with Crippen LogP contribution in [0.25, 0.3) is 0 Å². The first-order valence-electron chi connectivity index (χ1n) is 4.89. The van der Waals surface area contributed by atoms with Crippen molar-refractivity contribution in [2.45, 2.75) is 0 Å². The van der Waals surface area contributed by atoms with Crippen LogP contribution < -0.4 is 15.0 Å². The number of fused-ring (bicyclic) bond motifs is 1. The lowest BCUT2D eigenvalue weighted by Gasteiger charge is -2.26. The SMILES string of the molecule is CNC(=O)c1ccc2c(c1)N(C)C(=O)CO2. The molecule has 0 fully saturated rings. The molecule has 1 aromatic carbocycles. The molecule has 0 spiro atoms. The van der Waals surface area contributed by atoms with Crippen LogP contribution >= 0.6 is 0 Å². The number of rotatable bonds is 1. The Labute approximate surface area is 93.0 Å². The molecule has 1 aliphatic rings. The van der Waals surface area contributed by atoms with Crippen molar-refractivity contribution in [3.05, 3.63) is 23.8 Å². The number of hydrogen-bond donors (Lipinski definition) is 1. The Morgan fingerprint density at radius 1 is 1.50 bits per heavy atom. The first kappa shape index (κ1) is 10.5. The molecule has 1 aliphatic heterocycles. The summed E-state index contributed by atoms with van der Waals surface area (Å²) in [5.74, 6) is 0.311. The Kier molecular flexibility index (Phi) is 2.52. The minimum atomic E-state index is -0.186. The van der Waals surface area contributed by atoms with Crippen molar-refractivity contribution in [2.24, 2.45) is 0 Å². The second-order valence-corrected chi connectivity index (χ2v) is 3.50. The normalized spacial score (nSPS) is 14.1. The molecule has 0 aromatic heterocycles. The highest BCUT2D eigenvalue weighted by Gasteiger charge is 2.23. The third-order valence-corrected chi connectivity index (χ3v) is 2.53. The summed E-state index contributed by atoms with van der Waals surface area (Å²) in [5, 5.41) is 2.53. The number of amides is 2. The Bertz CT molecular complexity index is 457. The number of anilines is 1. The van der Waals surface area contributed by atoms with Gasteiger partial charge in [0.1, 0.15) is 5.75 Å². The molecule has 0 bridgehead atoms. The first-order valence-corrected chi connectivity index (χ1v) is 4.89. The molecule has 0 aliphatic carbocycles.